The summed E-state index contributed by atoms with van der Waals surface area (Å²) in [6.07, 6.45) is 0. The van der Waals surface area contributed by atoms with Crippen LogP contribution in [0, 0.1) is 23.0 Å². The second-order valence-electron chi connectivity index (χ2n) is 14.2. The highest BCUT2D eigenvalue weighted by Gasteiger charge is 2.26. The van der Waals surface area contributed by atoms with Crippen molar-refractivity contribution in [3.63, 3.8) is 0 Å². The molecule has 0 atom stereocenters. The number of thiophene rings is 2. The fourth-order valence-corrected chi connectivity index (χ4v) is 11.3. The Balaban J connectivity index is 1.35. The molecule has 4 heterocycles. The van der Waals surface area contributed by atoms with E-state index in [4.69, 9.17) is 0 Å². The van der Waals surface area contributed by atoms with E-state index in [1.54, 1.807) is 22.7 Å². The summed E-state index contributed by atoms with van der Waals surface area (Å²) in [5.74, 6) is -1.36. The van der Waals surface area contributed by atoms with Gasteiger partial charge in [0, 0.05) is 73.5 Å². The number of nitriles is 1. The van der Waals surface area contributed by atoms with Crippen molar-refractivity contribution in [3.05, 3.63) is 169 Å². The summed E-state index contributed by atoms with van der Waals surface area (Å²) in [6, 6.07) is 52.1. The van der Waals surface area contributed by atoms with E-state index in [0.29, 0.717) is 28.1 Å². The Bertz CT molecular complexity index is 3480. The van der Waals surface area contributed by atoms with Gasteiger partial charge >= 0.3 is 0 Å². The van der Waals surface area contributed by atoms with E-state index in [0.717, 1.165) is 80.6 Å². The van der Waals surface area contributed by atoms with Gasteiger partial charge in [-0.3, -0.25) is 0 Å². The van der Waals surface area contributed by atoms with Crippen LogP contribution in [0.2, 0.25) is 0 Å². The third-order valence-corrected chi connectivity index (χ3v) is 13.5. The number of fused-ring (bicyclic) bond motifs is 14. The Morgan fingerprint density at radius 3 is 1.38 bits per heavy atom. The number of nitrogens with zero attached hydrogens (tertiary/aromatic N) is 3. The number of para-hydroxylation sites is 2. The first-order valence-electron chi connectivity index (χ1n) is 18.3. The first-order chi connectivity index (χ1) is 27.6. The smallest absolute Gasteiger partial charge is 0.126 e. The van der Waals surface area contributed by atoms with Gasteiger partial charge in [-0.1, -0.05) is 84.9 Å². The van der Waals surface area contributed by atoms with E-state index >= 15 is 8.78 Å². The summed E-state index contributed by atoms with van der Waals surface area (Å²) in [7, 11) is 0. The Morgan fingerprint density at radius 1 is 0.446 bits per heavy atom. The summed E-state index contributed by atoms with van der Waals surface area (Å²) < 4.78 is 40.2. The molecule has 0 aliphatic carbocycles. The molecule has 0 spiro atoms. The molecule has 0 aliphatic heterocycles. The normalized spacial score (nSPS) is 12.1. The predicted octanol–water partition coefficient (Wildman–Crippen LogP) is 14.4. The molecule has 0 unspecified atom stereocenters. The zero-order chi connectivity index (χ0) is 37.2. The SMILES string of the molecule is N#Cc1cc(-n2c3ccccc3c3ccc4sc5ccccc5c4c32)c(-c2cc(F)cc(F)c2)c(-n2c3ccccc3c3ccc4sc5ccccc5c4c32)c1. The molecule has 0 saturated carbocycles. The van der Waals surface area contributed by atoms with Crippen LogP contribution < -0.4 is 0 Å². The van der Waals surface area contributed by atoms with Crippen LogP contribution in [0.5, 0.6) is 0 Å². The summed E-state index contributed by atoms with van der Waals surface area (Å²) in [4.78, 5) is 0. The van der Waals surface area contributed by atoms with Crippen molar-refractivity contribution >= 4 is 107 Å². The molecule has 8 aromatic carbocycles. The molecule has 12 rings (SSSR count). The Kier molecular flexibility index (Phi) is 6.51. The highest BCUT2D eigenvalue weighted by molar-refractivity contribution is 7.26. The van der Waals surface area contributed by atoms with E-state index in [-0.39, 0.29) is 0 Å². The van der Waals surface area contributed by atoms with E-state index in [2.05, 4.69) is 112 Å². The minimum absolute atomic E-state index is 0.374. The summed E-state index contributed by atoms with van der Waals surface area (Å²) in [5.41, 5.74) is 6.55. The average molecular weight is 758 g/mol. The number of aromatic nitrogens is 2. The van der Waals surface area contributed by atoms with Gasteiger partial charge < -0.3 is 9.13 Å². The molecular formula is C49H25F2N3S2. The number of halogens is 2. The van der Waals surface area contributed by atoms with Gasteiger partial charge in [0.05, 0.1) is 45.1 Å². The molecular weight excluding hydrogens is 733 g/mol. The largest absolute Gasteiger partial charge is 0.308 e. The highest BCUT2D eigenvalue weighted by Crippen LogP contribution is 2.48. The molecule has 0 bridgehead atoms. The van der Waals surface area contributed by atoms with Gasteiger partial charge in [-0.25, -0.2) is 8.78 Å². The van der Waals surface area contributed by atoms with Crippen LogP contribution in [0.15, 0.2) is 152 Å². The minimum Gasteiger partial charge on any atom is -0.308 e. The van der Waals surface area contributed by atoms with Gasteiger partial charge in [0.1, 0.15) is 11.6 Å². The number of hydrogen-bond donors (Lipinski definition) is 0. The lowest BCUT2D eigenvalue weighted by molar-refractivity contribution is 0.584. The van der Waals surface area contributed by atoms with Gasteiger partial charge in [-0.05, 0) is 66.2 Å². The fourth-order valence-electron chi connectivity index (χ4n) is 9.05. The molecule has 0 saturated heterocycles. The van der Waals surface area contributed by atoms with Crippen molar-refractivity contribution in [1.82, 2.24) is 9.13 Å². The van der Waals surface area contributed by atoms with E-state index < -0.39 is 11.6 Å². The molecule has 3 nitrogen and oxygen atoms in total. The van der Waals surface area contributed by atoms with Crippen molar-refractivity contribution in [3.8, 4) is 28.6 Å². The van der Waals surface area contributed by atoms with E-state index in [9.17, 15) is 5.26 Å². The topological polar surface area (TPSA) is 33.6 Å². The van der Waals surface area contributed by atoms with Crippen LogP contribution in [0.3, 0.4) is 0 Å². The zero-order valence-corrected chi connectivity index (χ0v) is 31.0. The molecule has 12 aromatic rings. The lowest BCUT2D eigenvalue weighted by Crippen LogP contribution is -2.05. The molecule has 262 valence electrons. The Hall–Kier alpha value is -6.85. The molecule has 0 N–H and O–H groups in total. The third kappa shape index (κ3) is 4.28. The maximum atomic E-state index is 15.6. The third-order valence-electron chi connectivity index (χ3n) is 11.2. The second kappa shape index (κ2) is 11.6. The van der Waals surface area contributed by atoms with Crippen LogP contribution in [0.1, 0.15) is 5.56 Å². The zero-order valence-electron chi connectivity index (χ0n) is 29.3. The highest BCUT2D eigenvalue weighted by atomic mass is 32.1. The van der Waals surface area contributed by atoms with Crippen molar-refractivity contribution < 1.29 is 8.78 Å². The molecule has 0 aliphatic rings. The molecule has 7 heteroatoms. The summed E-state index contributed by atoms with van der Waals surface area (Å²) in [6.45, 7) is 0. The number of benzene rings is 8. The molecule has 0 fully saturated rings. The fraction of sp³-hybridized carbons (Fsp3) is 0. The predicted molar refractivity (Wildman–Crippen MR) is 231 cm³/mol. The summed E-state index contributed by atoms with van der Waals surface area (Å²) >= 11 is 3.48. The average Bonchev–Trinajstić information content (AvgIpc) is 3.97. The van der Waals surface area contributed by atoms with Gasteiger partial charge in [0.25, 0.3) is 0 Å². The van der Waals surface area contributed by atoms with E-state index in [1.807, 2.05) is 36.4 Å². The Labute approximate surface area is 325 Å². The maximum absolute atomic E-state index is 15.6. The van der Waals surface area contributed by atoms with Gasteiger partial charge in [-0.2, -0.15) is 5.26 Å². The standard InChI is InChI=1S/C49H25F2N3S2/c50-29-23-28(24-30(51)25-29)45-39(53-37-13-5-1-9-31(37)33-17-19-43-46(48(33)53)35-11-3-7-15-41(35)55-43)21-27(26-52)22-40(45)54-38-14-6-2-10-32(38)34-18-20-44-47(49(34)54)36-12-4-8-16-42(36)56-44/h1-25H. The molecule has 56 heavy (non-hydrogen) atoms. The summed E-state index contributed by atoms with van der Waals surface area (Å²) in [5, 5.41) is 19.5. The van der Waals surface area contributed by atoms with Crippen LogP contribution >= 0.6 is 22.7 Å². The first kappa shape index (κ1) is 31.5. The quantitative estimate of drug-likeness (QED) is 0.177. The van der Waals surface area contributed by atoms with Crippen LogP contribution in [-0.2, 0) is 0 Å². The van der Waals surface area contributed by atoms with Gasteiger partial charge in [-0.15, -0.1) is 22.7 Å². The van der Waals surface area contributed by atoms with Crippen molar-refractivity contribution in [1.29, 1.82) is 5.26 Å². The van der Waals surface area contributed by atoms with Crippen LogP contribution in [0.25, 0.3) is 106 Å². The van der Waals surface area contributed by atoms with Crippen LogP contribution in [-0.4, -0.2) is 9.13 Å². The number of rotatable bonds is 3. The van der Waals surface area contributed by atoms with Crippen LogP contribution in [0.4, 0.5) is 8.78 Å². The Morgan fingerprint density at radius 2 is 0.893 bits per heavy atom. The molecule has 4 aromatic heterocycles. The second-order valence-corrected chi connectivity index (χ2v) is 16.4. The number of hydrogen-bond acceptors (Lipinski definition) is 3. The van der Waals surface area contributed by atoms with Crippen molar-refractivity contribution in [2.24, 2.45) is 0 Å². The van der Waals surface area contributed by atoms with E-state index in [1.165, 1.54) is 21.5 Å². The maximum Gasteiger partial charge on any atom is 0.126 e. The van der Waals surface area contributed by atoms with Gasteiger partial charge in [0.15, 0.2) is 0 Å². The monoisotopic (exact) mass is 757 g/mol. The van der Waals surface area contributed by atoms with Crippen molar-refractivity contribution in [2.75, 3.05) is 0 Å². The first-order valence-corrected chi connectivity index (χ1v) is 19.9. The molecule has 0 amide bonds. The lowest BCUT2D eigenvalue weighted by Gasteiger charge is -2.21. The lowest BCUT2D eigenvalue weighted by atomic mass is 9.97. The molecule has 0 radical (unpaired) electrons. The van der Waals surface area contributed by atoms with Gasteiger partial charge in [0.2, 0.25) is 0 Å². The minimum atomic E-state index is -0.678. The van der Waals surface area contributed by atoms with Crippen molar-refractivity contribution in [2.45, 2.75) is 0 Å².